The lowest BCUT2D eigenvalue weighted by molar-refractivity contribution is 0.599. The predicted octanol–water partition coefficient (Wildman–Crippen LogP) is 1.24. The number of anilines is 1. The van der Waals surface area contributed by atoms with Gasteiger partial charge in [-0.1, -0.05) is 19.1 Å². The molecule has 0 fully saturated rings. The minimum absolute atomic E-state index is 0.258. The van der Waals surface area contributed by atoms with Crippen LogP contribution >= 0.6 is 0 Å². The molecule has 0 amide bonds. The maximum absolute atomic E-state index is 12.5. The smallest absolute Gasteiger partial charge is 0.263 e. The molecule has 0 saturated heterocycles. The van der Waals surface area contributed by atoms with Crippen molar-refractivity contribution in [3.8, 4) is 0 Å². The fourth-order valence-electron chi connectivity index (χ4n) is 1.93. The third kappa shape index (κ3) is 3.00. The number of nitrogens with two attached hydrogens (primary N) is 1. The molecule has 2 aromatic rings. The van der Waals surface area contributed by atoms with E-state index in [4.69, 9.17) is 5.73 Å². The van der Waals surface area contributed by atoms with Gasteiger partial charge in [0, 0.05) is 25.9 Å². The SMILES string of the molecule is CCc1ccc(CN)cc1S(=O)(=O)Nc1ccn(C)n1. The van der Waals surface area contributed by atoms with Crippen molar-refractivity contribution in [3.63, 3.8) is 0 Å². The Balaban J connectivity index is 2.42. The van der Waals surface area contributed by atoms with Crippen LogP contribution in [-0.4, -0.2) is 18.2 Å². The van der Waals surface area contributed by atoms with E-state index < -0.39 is 10.0 Å². The topological polar surface area (TPSA) is 90.0 Å². The summed E-state index contributed by atoms with van der Waals surface area (Å²) in [4.78, 5) is 0.258. The quantitative estimate of drug-likeness (QED) is 0.868. The molecule has 108 valence electrons. The second-order valence-corrected chi connectivity index (χ2v) is 6.13. The molecule has 20 heavy (non-hydrogen) atoms. The Bertz CT molecular complexity index is 707. The van der Waals surface area contributed by atoms with Crippen LogP contribution in [0.2, 0.25) is 0 Å². The Labute approximate surface area is 118 Å². The first kappa shape index (κ1) is 14.5. The first-order valence-electron chi connectivity index (χ1n) is 6.30. The molecule has 1 heterocycles. The molecule has 7 heteroatoms. The molecule has 0 aliphatic rings. The van der Waals surface area contributed by atoms with Crippen LogP contribution in [0.5, 0.6) is 0 Å². The number of sulfonamides is 1. The number of aromatic nitrogens is 2. The monoisotopic (exact) mass is 294 g/mol. The summed E-state index contributed by atoms with van der Waals surface area (Å²) in [7, 11) is -1.93. The molecule has 2 rings (SSSR count). The van der Waals surface area contributed by atoms with E-state index >= 15 is 0 Å². The van der Waals surface area contributed by atoms with Crippen molar-refractivity contribution < 1.29 is 8.42 Å². The van der Waals surface area contributed by atoms with Crippen molar-refractivity contribution in [2.45, 2.75) is 24.8 Å². The van der Waals surface area contributed by atoms with Gasteiger partial charge in [-0.2, -0.15) is 5.10 Å². The summed E-state index contributed by atoms with van der Waals surface area (Å²) in [6, 6.07) is 6.87. The Morgan fingerprint density at radius 1 is 1.35 bits per heavy atom. The molecule has 0 atom stereocenters. The molecule has 0 aliphatic heterocycles. The van der Waals surface area contributed by atoms with Crippen LogP contribution < -0.4 is 10.5 Å². The molecule has 1 aromatic carbocycles. The lowest BCUT2D eigenvalue weighted by Gasteiger charge is -2.11. The summed E-state index contributed by atoms with van der Waals surface area (Å²) in [5.74, 6) is 0.299. The zero-order chi connectivity index (χ0) is 14.8. The van der Waals surface area contributed by atoms with Crippen molar-refractivity contribution in [2.75, 3.05) is 4.72 Å². The first-order chi connectivity index (χ1) is 9.46. The third-order valence-corrected chi connectivity index (χ3v) is 4.43. The van der Waals surface area contributed by atoms with E-state index in [-0.39, 0.29) is 4.90 Å². The number of hydrogen-bond acceptors (Lipinski definition) is 4. The molecular formula is C13H18N4O2S. The Hall–Kier alpha value is -1.86. The summed E-state index contributed by atoms with van der Waals surface area (Å²) in [5.41, 5.74) is 7.11. The van der Waals surface area contributed by atoms with Crippen LogP contribution in [0.4, 0.5) is 5.82 Å². The normalized spacial score (nSPS) is 11.6. The molecule has 0 saturated carbocycles. The second kappa shape index (κ2) is 5.64. The van der Waals surface area contributed by atoms with Gasteiger partial charge in [-0.25, -0.2) is 8.42 Å². The molecule has 0 bridgehead atoms. The van der Waals surface area contributed by atoms with Gasteiger partial charge < -0.3 is 5.73 Å². The lowest BCUT2D eigenvalue weighted by atomic mass is 10.1. The van der Waals surface area contributed by atoms with E-state index in [1.54, 1.807) is 31.4 Å². The maximum Gasteiger partial charge on any atom is 0.263 e. The highest BCUT2D eigenvalue weighted by atomic mass is 32.2. The van der Waals surface area contributed by atoms with E-state index in [0.29, 0.717) is 18.8 Å². The van der Waals surface area contributed by atoms with Gasteiger partial charge in [-0.05, 0) is 23.6 Å². The predicted molar refractivity (Wildman–Crippen MR) is 77.7 cm³/mol. The van der Waals surface area contributed by atoms with Crippen LogP contribution in [0, 0.1) is 0 Å². The van der Waals surface area contributed by atoms with E-state index in [1.807, 2.05) is 13.0 Å². The van der Waals surface area contributed by atoms with Crippen LogP contribution in [0.1, 0.15) is 18.1 Å². The van der Waals surface area contributed by atoms with Gasteiger partial charge in [0.25, 0.3) is 10.0 Å². The van der Waals surface area contributed by atoms with Crippen LogP contribution in [0.3, 0.4) is 0 Å². The second-order valence-electron chi connectivity index (χ2n) is 4.48. The molecule has 0 aliphatic carbocycles. The number of nitrogens with zero attached hydrogens (tertiary/aromatic N) is 2. The fraction of sp³-hybridized carbons (Fsp3) is 0.308. The van der Waals surface area contributed by atoms with Gasteiger partial charge in [-0.15, -0.1) is 0 Å². The molecule has 0 unspecified atom stereocenters. The van der Waals surface area contributed by atoms with E-state index in [0.717, 1.165) is 11.1 Å². The van der Waals surface area contributed by atoms with Crippen molar-refractivity contribution in [3.05, 3.63) is 41.6 Å². The molecular weight excluding hydrogens is 276 g/mol. The van der Waals surface area contributed by atoms with Gasteiger partial charge in [0.05, 0.1) is 4.90 Å². The van der Waals surface area contributed by atoms with Crippen LogP contribution in [0.15, 0.2) is 35.4 Å². The number of hydrogen-bond donors (Lipinski definition) is 2. The molecule has 0 spiro atoms. The number of benzene rings is 1. The Morgan fingerprint density at radius 2 is 2.10 bits per heavy atom. The van der Waals surface area contributed by atoms with E-state index in [9.17, 15) is 8.42 Å². The summed E-state index contributed by atoms with van der Waals surface area (Å²) >= 11 is 0. The largest absolute Gasteiger partial charge is 0.326 e. The zero-order valence-electron chi connectivity index (χ0n) is 11.5. The van der Waals surface area contributed by atoms with Crippen molar-refractivity contribution >= 4 is 15.8 Å². The Kier molecular flexibility index (Phi) is 4.10. The highest BCUT2D eigenvalue weighted by Crippen LogP contribution is 2.21. The summed E-state index contributed by atoms with van der Waals surface area (Å²) in [6.45, 7) is 2.22. The minimum atomic E-state index is -3.66. The van der Waals surface area contributed by atoms with Crippen molar-refractivity contribution in [2.24, 2.45) is 12.8 Å². The van der Waals surface area contributed by atoms with Crippen molar-refractivity contribution in [1.29, 1.82) is 0 Å². The lowest BCUT2D eigenvalue weighted by Crippen LogP contribution is -2.16. The average Bonchev–Trinajstić information content (AvgIpc) is 2.82. The standard InChI is InChI=1S/C13H18N4O2S/c1-3-11-5-4-10(9-14)8-12(11)20(18,19)16-13-6-7-17(2)15-13/h4-8H,3,9,14H2,1-2H3,(H,15,16). The summed E-state index contributed by atoms with van der Waals surface area (Å²) in [5, 5.41) is 4.02. The van der Waals surface area contributed by atoms with Crippen LogP contribution in [0.25, 0.3) is 0 Å². The van der Waals surface area contributed by atoms with E-state index in [1.165, 1.54) is 4.68 Å². The highest BCUT2D eigenvalue weighted by molar-refractivity contribution is 7.92. The third-order valence-electron chi connectivity index (χ3n) is 2.99. The molecule has 1 aromatic heterocycles. The average molecular weight is 294 g/mol. The first-order valence-corrected chi connectivity index (χ1v) is 7.79. The van der Waals surface area contributed by atoms with Gasteiger partial charge >= 0.3 is 0 Å². The number of aryl methyl sites for hydroxylation is 2. The van der Waals surface area contributed by atoms with Crippen LogP contribution in [-0.2, 0) is 30.0 Å². The minimum Gasteiger partial charge on any atom is -0.326 e. The zero-order valence-corrected chi connectivity index (χ0v) is 12.3. The fourth-order valence-corrected chi connectivity index (χ4v) is 3.29. The molecule has 6 nitrogen and oxygen atoms in total. The number of nitrogens with one attached hydrogen (secondary N) is 1. The summed E-state index contributed by atoms with van der Waals surface area (Å²) in [6.07, 6.45) is 2.30. The summed E-state index contributed by atoms with van der Waals surface area (Å²) < 4.78 is 28.9. The highest BCUT2D eigenvalue weighted by Gasteiger charge is 2.19. The molecule has 0 radical (unpaired) electrons. The molecule has 3 N–H and O–H groups in total. The van der Waals surface area contributed by atoms with Crippen molar-refractivity contribution in [1.82, 2.24) is 9.78 Å². The van der Waals surface area contributed by atoms with Gasteiger partial charge in [-0.3, -0.25) is 9.40 Å². The number of rotatable bonds is 5. The van der Waals surface area contributed by atoms with Gasteiger partial charge in [0.15, 0.2) is 5.82 Å². The van der Waals surface area contributed by atoms with Gasteiger partial charge in [0.2, 0.25) is 0 Å². The Morgan fingerprint density at radius 3 is 2.65 bits per heavy atom. The maximum atomic E-state index is 12.5. The van der Waals surface area contributed by atoms with E-state index in [2.05, 4.69) is 9.82 Å². The van der Waals surface area contributed by atoms with Gasteiger partial charge in [0.1, 0.15) is 0 Å².